The van der Waals surface area contributed by atoms with E-state index in [0.29, 0.717) is 35.2 Å². The number of allylic oxidation sites excluding steroid dienone is 1. The van der Waals surface area contributed by atoms with E-state index in [1.165, 1.54) is 18.2 Å². The number of esters is 1. The lowest BCUT2D eigenvalue weighted by Gasteiger charge is -2.29. The molecule has 4 rings (SSSR count). The van der Waals surface area contributed by atoms with Crippen molar-refractivity contribution in [3.05, 3.63) is 112 Å². The van der Waals surface area contributed by atoms with Crippen molar-refractivity contribution in [2.45, 2.75) is 25.5 Å². The highest BCUT2D eigenvalue weighted by Crippen LogP contribution is 2.30. The number of hydrogen-bond donors (Lipinski definition) is 2. The van der Waals surface area contributed by atoms with E-state index in [9.17, 15) is 14.0 Å². The molecule has 2 amide bonds. The van der Waals surface area contributed by atoms with Crippen molar-refractivity contribution in [2.75, 3.05) is 7.11 Å². The van der Waals surface area contributed by atoms with Crippen molar-refractivity contribution in [3.63, 3.8) is 0 Å². The topological polar surface area (TPSA) is 100 Å². The van der Waals surface area contributed by atoms with Crippen molar-refractivity contribution < 1.29 is 23.5 Å². The van der Waals surface area contributed by atoms with Crippen molar-refractivity contribution in [1.82, 2.24) is 10.6 Å². The smallest absolute Gasteiger partial charge is 0.338 e. The van der Waals surface area contributed by atoms with Gasteiger partial charge in [-0.3, -0.25) is 0 Å². The van der Waals surface area contributed by atoms with Crippen LogP contribution < -0.4 is 15.4 Å². The number of amides is 2. The molecule has 1 heterocycles. The normalized spacial score (nSPS) is 14.9. The van der Waals surface area contributed by atoms with Crippen LogP contribution in [0.1, 0.15) is 34.7 Å². The number of nitriles is 1. The number of nitrogens with one attached hydrogen (secondary N) is 2. The second-order valence-corrected chi connectivity index (χ2v) is 8.22. The van der Waals surface area contributed by atoms with Crippen LogP contribution in [-0.4, -0.2) is 19.1 Å². The van der Waals surface area contributed by atoms with Crippen molar-refractivity contribution >= 4 is 12.0 Å². The third-order valence-corrected chi connectivity index (χ3v) is 5.80. The lowest BCUT2D eigenvalue weighted by atomic mass is 9.93. The second-order valence-electron chi connectivity index (χ2n) is 8.22. The Morgan fingerprint density at radius 2 is 1.81 bits per heavy atom. The van der Waals surface area contributed by atoms with Gasteiger partial charge in [-0.15, -0.1) is 0 Å². The summed E-state index contributed by atoms with van der Waals surface area (Å²) in [7, 11) is 1.59. The number of halogens is 1. The number of ether oxygens (including phenoxy) is 2. The fraction of sp³-hybridized carbons (Fsp3) is 0.179. The maximum Gasteiger partial charge on any atom is 0.338 e. The van der Waals surface area contributed by atoms with Crippen LogP contribution in [0.3, 0.4) is 0 Å². The van der Waals surface area contributed by atoms with Crippen LogP contribution in [0.15, 0.2) is 84.1 Å². The number of hydrogen-bond acceptors (Lipinski definition) is 5. The summed E-state index contributed by atoms with van der Waals surface area (Å²) in [5.41, 5.74) is 3.11. The molecule has 2 N–H and O–H groups in total. The van der Waals surface area contributed by atoms with E-state index < -0.39 is 23.9 Å². The van der Waals surface area contributed by atoms with Gasteiger partial charge in [0.2, 0.25) is 0 Å². The zero-order valence-corrected chi connectivity index (χ0v) is 19.6. The predicted octanol–water partition coefficient (Wildman–Crippen LogP) is 4.69. The summed E-state index contributed by atoms with van der Waals surface area (Å²) >= 11 is 0. The van der Waals surface area contributed by atoms with Gasteiger partial charge in [-0.05, 0) is 65.9 Å². The molecule has 1 atom stereocenters. The van der Waals surface area contributed by atoms with Gasteiger partial charge < -0.3 is 20.1 Å². The SMILES string of the molecule is COc1ccc(CCC2=C(C(=O)OCc3cccc(C#N)c3)C(c3cccc(F)c3)NC(=O)N2)cc1. The Labute approximate surface area is 208 Å². The average Bonchev–Trinajstić information content (AvgIpc) is 2.90. The van der Waals surface area contributed by atoms with Gasteiger partial charge in [0.15, 0.2) is 0 Å². The highest BCUT2D eigenvalue weighted by atomic mass is 19.1. The number of carbonyl (C=O) groups excluding carboxylic acids is 2. The Hall–Kier alpha value is -4.64. The largest absolute Gasteiger partial charge is 0.497 e. The highest BCUT2D eigenvalue weighted by molar-refractivity contribution is 5.95. The molecule has 3 aromatic rings. The lowest BCUT2D eigenvalue weighted by molar-refractivity contribution is -0.140. The van der Waals surface area contributed by atoms with Crippen LogP contribution in [0.4, 0.5) is 9.18 Å². The van der Waals surface area contributed by atoms with Gasteiger partial charge in [0.05, 0.1) is 30.4 Å². The zero-order chi connectivity index (χ0) is 25.5. The van der Waals surface area contributed by atoms with Gasteiger partial charge in [0.25, 0.3) is 0 Å². The summed E-state index contributed by atoms with van der Waals surface area (Å²) in [5, 5.41) is 14.6. The number of nitrogens with zero attached hydrogens (tertiary/aromatic N) is 1. The minimum atomic E-state index is -0.890. The minimum Gasteiger partial charge on any atom is -0.497 e. The Morgan fingerprint density at radius 1 is 1.03 bits per heavy atom. The molecule has 8 heteroatoms. The van der Waals surface area contributed by atoms with Crippen LogP contribution in [0.2, 0.25) is 0 Å². The number of rotatable bonds is 8. The molecule has 7 nitrogen and oxygen atoms in total. The van der Waals surface area contributed by atoms with Gasteiger partial charge >= 0.3 is 12.0 Å². The summed E-state index contributed by atoms with van der Waals surface area (Å²) in [4.78, 5) is 25.9. The Balaban J connectivity index is 1.64. The van der Waals surface area contributed by atoms with Crippen molar-refractivity contribution in [3.8, 4) is 11.8 Å². The average molecular weight is 486 g/mol. The molecule has 0 aliphatic carbocycles. The molecule has 0 radical (unpaired) electrons. The van der Waals surface area contributed by atoms with Gasteiger partial charge in [-0.1, -0.05) is 36.4 Å². The molecule has 36 heavy (non-hydrogen) atoms. The Bertz CT molecular complexity index is 1350. The fourth-order valence-electron chi connectivity index (χ4n) is 4.01. The number of benzene rings is 3. The molecule has 0 bridgehead atoms. The molecule has 1 unspecified atom stereocenters. The van der Waals surface area contributed by atoms with Crippen LogP contribution in [0.5, 0.6) is 5.75 Å². The quantitative estimate of drug-likeness (QED) is 0.451. The van der Waals surface area contributed by atoms with E-state index >= 15 is 0 Å². The third kappa shape index (κ3) is 5.88. The third-order valence-electron chi connectivity index (χ3n) is 5.80. The number of urea groups is 1. The summed E-state index contributed by atoms with van der Waals surface area (Å²) in [5.74, 6) is -0.408. The minimum absolute atomic E-state index is 0.0621. The first-order valence-electron chi connectivity index (χ1n) is 11.3. The zero-order valence-electron chi connectivity index (χ0n) is 19.6. The van der Waals surface area contributed by atoms with Gasteiger partial charge in [-0.25, -0.2) is 14.0 Å². The van der Waals surface area contributed by atoms with E-state index in [1.54, 1.807) is 37.4 Å². The number of aryl methyl sites for hydroxylation is 1. The van der Waals surface area contributed by atoms with Crippen LogP contribution in [0.25, 0.3) is 0 Å². The highest BCUT2D eigenvalue weighted by Gasteiger charge is 2.33. The second kappa shape index (κ2) is 11.2. The standard InChI is InChI=1S/C28H24FN3O4/c1-35-23-11-8-18(9-12-23)10-13-24-25(27(33)36-17-20-5-2-4-19(14-20)16-30)26(32-28(34)31-24)21-6-3-7-22(29)15-21/h2-9,11-12,14-15,26H,10,13,17H2,1H3,(H2,31,32,34). The summed E-state index contributed by atoms with van der Waals surface area (Å²) in [6.45, 7) is -0.0621. The van der Waals surface area contributed by atoms with Gasteiger partial charge in [-0.2, -0.15) is 5.26 Å². The molecule has 0 fully saturated rings. The Kier molecular flexibility index (Phi) is 7.61. The van der Waals surface area contributed by atoms with Crippen LogP contribution in [-0.2, 0) is 22.6 Å². The monoisotopic (exact) mass is 485 g/mol. The number of methoxy groups -OCH3 is 1. The molecule has 0 saturated carbocycles. The van der Waals surface area contributed by atoms with Gasteiger partial charge in [0, 0.05) is 5.70 Å². The summed E-state index contributed by atoms with van der Waals surface area (Å²) in [6, 6.07) is 20.6. The van der Waals surface area contributed by atoms with Gasteiger partial charge in [0.1, 0.15) is 18.2 Å². The van der Waals surface area contributed by atoms with E-state index in [0.717, 1.165) is 11.3 Å². The molecule has 0 spiro atoms. The first-order valence-corrected chi connectivity index (χ1v) is 11.3. The molecule has 1 aliphatic rings. The van der Waals surface area contributed by atoms with E-state index in [4.69, 9.17) is 14.7 Å². The molecular formula is C28H24FN3O4. The molecule has 3 aromatic carbocycles. The molecule has 0 aromatic heterocycles. The lowest BCUT2D eigenvalue weighted by Crippen LogP contribution is -2.46. The summed E-state index contributed by atoms with van der Waals surface area (Å²) in [6.07, 6.45) is 0.885. The van der Waals surface area contributed by atoms with Crippen LogP contribution >= 0.6 is 0 Å². The maximum atomic E-state index is 14.0. The molecule has 0 saturated heterocycles. The van der Waals surface area contributed by atoms with Crippen molar-refractivity contribution in [1.29, 1.82) is 5.26 Å². The van der Waals surface area contributed by atoms with E-state index in [2.05, 4.69) is 16.7 Å². The molecular weight excluding hydrogens is 461 g/mol. The first kappa shape index (κ1) is 24.5. The fourth-order valence-corrected chi connectivity index (χ4v) is 4.01. The maximum absolute atomic E-state index is 14.0. The Morgan fingerprint density at radius 3 is 2.53 bits per heavy atom. The van der Waals surface area contributed by atoms with E-state index in [1.807, 2.05) is 24.3 Å². The first-order chi connectivity index (χ1) is 17.5. The van der Waals surface area contributed by atoms with Crippen LogP contribution in [0, 0.1) is 17.1 Å². The number of carbonyl (C=O) groups is 2. The van der Waals surface area contributed by atoms with E-state index in [-0.39, 0.29) is 12.2 Å². The summed E-state index contributed by atoms with van der Waals surface area (Å²) < 4.78 is 24.8. The molecule has 1 aliphatic heterocycles. The molecule has 182 valence electrons. The van der Waals surface area contributed by atoms with Crippen molar-refractivity contribution in [2.24, 2.45) is 0 Å². The predicted molar refractivity (Wildman–Crippen MR) is 130 cm³/mol.